The Labute approximate surface area is 125 Å². The summed E-state index contributed by atoms with van der Waals surface area (Å²) in [5, 5.41) is 4.77. The number of hydrogen-bond acceptors (Lipinski definition) is 4. The Kier molecular flexibility index (Phi) is 3.50. The van der Waals surface area contributed by atoms with Crippen LogP contribution >= 0.6 is 11.8 Å². The molecule has 0 fully saturated rings. The highest BCUT2D eigenvalue weighted by Gasteiger charge is 2.15. The predicted molar refractivity (Wildman–Crippen MR) is 83.3 cm³/mol. The van der Waals surface area contributed by atoms with Crippen molar-refractivity contribution in [1.82, 2.24) is 19.6 Å². The number of aromatic amines is 1. The van der Waals surface area contributed by atoms with Crippen LogP contribution in [0.5, 0.6) is 0 Å². The molecular formula is C15H12N4OS. The first-order valence-electron chi connectivity index (χ1n) is 6.32. The predicted octanol–water partition coefficient (Wildman–Crippen LogP) is 2.12. The molecule has 104 valence electrons. The Morgan fingerprint density at radius 3 is 2.86 bits per heavy atom. The molecule has 1 aromatic carbocycles. The molecular weight excluding hydrogens is 284 g/mol. The van der Waals surface area contributed by atoms with Gasteiger partial charge in [0.15, 0.2) is 10.8 Å². The van der Waals surface area contributed by atoms with Crippen molar-refractivity contribution in [3.63, 3.8) is 0 Å². The fourth-order valence-corrected chi connectivity index (χ4v) is 2.68. The molecule has 1 N–H and O–H groups in total. The molecule has 0 aliphatic heterocycles. The van der Waals surface area contributed by atoms with Crippen molar-refractivity contribution >= 4 is 17.4 Å². The highest BCUT2D eigenvalue weighted by molar-refractivity contribution is 7.99. The average Bonchev–Trinajstić information content (AvgIpc) is 2.83. The van der Waals surface area contributed by atoms with Gasteiger partial charge in [0, 0.05) is 5.56 Å². The van der Waals surface area contributed by atoms with E-state index in [1.165, 1.54) is 16.3 Å². The van der Waals surface area contributed by atoms with Crippen molar-refractivity contribution in [1.29, 1.82) is 0 Å². The van der Waals surface area contributed by atoms with Gasteiger partial charge in [0.1, 0.15) is 0 Å². The van der Waals surface area contributed by atoms with Crippen molar-refractivity contribution in [2.75, 3.05) is 5.75 Å². The van der Waals surface area contributed by atoms with Crippen molar-refractivity contribution in [2.24, 2.45) is 0 Å². The summed E-state index contributed by atoms with van der Waals surface area (Å²) in [6.07, 6.45) is 5.24. The van der Waals surface area contributed by atoms with Crippen LogP contribution in [0.1, 0.15) is 5.69 Å². The van der Waals surface area contributed by atoms with Crippen molar-refractivity contribution in [3.8, 4) is 23.5 Å². The summed E-state index contributed by atoms with van der Waals surface area (Å²) in [5.41, 5.74) is 2.84. The summed E-state index contributed by atoms with van der Waals surface area (Å²) in [7, 11) is 0. The quantitative estimate of drug-likeness (QED) is 0.594. The molecule has 0 saturated carbocycles. The second-order valence-electron chi connectivity index (χ2n) is 4.40. The molecule has 0 atom stereocenters. The lowest BCUT2D eigenvalue weighted by Gasteiger charge is -2.01. The number of benzene rings is 1. The molecule has 3 rings (SSSR count). The topological polar surface area (TPSA) is 63.1 Å². The Balaban J connectivity index is 2.25. The van der Waals surface area contributed by atoms with Crippen LogP contribution in [0, 0.1) is 19.3 Å². The molecule has 0 amide bonds. The van der Waals surface area contributed by atoms with Gasteiger partial charge in [-0.2, -0.15) is 9.61 Å². The number of aryl methyl sites for hydroxylation is 1. The standard InChI is InChI=1S/C15H12N4OS/c1-3-9-21-14-16-13-12(11-7-5-4-6-8-11)10(2)18-19(13)15(20)17-14/h1,4-8H,9H2,2H3,(H,16,17,20). The number of aromatic nitrogens is 4. The Morgan fingerprint density at radius 1 is 1.38 bits per heavy atom. The smallest absolute Gasteiger partial charge is 0.285 e. The zero-order valence-corrected chi connectivity index (χ0v) is 12.1. The SMILES string of the molecule is C#CCSc1nc2c(-c3ccccc3)c(C)nn2c(=O)[nH]1. The third-order valence-electron chi connectivity index (χ3n) is 3.00. The van der Waals surface area contributed by atoms with E-state index in [4.69, 9.17) is 6.42 Å². The molecule has 2 aromatic heterocycles. The molecule has 0 aliphatic rings. The molecule has 6 heteroatoms. The highest BCUT2D eigenvalue weighted by atomic mass is 32.2. The maximum atomic E-state index is 12.1. The van der Waals surface area contributed by atoms with E-state index < -0.39 is 0 Å². The number of thioether (sulfide) groups is 1. The molecule has 0 unspecified atom stereocenters. The summed E-state index contributed by atoms with van der Waals surface area (Å²) in [4.78, 5) is 19.3. The molecule has 21 heavy (non-hydrogen) atoms. The molecule has 0 saturated heterocycles. The molecule has 3 aromatic rings. The fourth-order valence-electron chi connectivity index (χ4n) is 2.15. The number of nitrogens with one attached hydrogen (secondary N) is 1. The lowest BCUT2D eigenvalue weighted by Crippen LogP contribution is -2.19. The molecule has 5 nitrogen and oxygen atoms in total. The number of hydrogen-bond donors (Lipinski definition) is 1. The molecule has 0 spiro atoms. The van der Waals surface area contributed by atoms with Crippen LogP contribution < -0.4 is 5.69 Å². The van der Waals surface area contributed by atoms with Crippen LogP contribution in [-0.4, -0.2) is 25.3 Å². The van der Waals surface area contributed by atoms with Crippen molar-refractivity contribution < 1.29 is 0 Å². The Morgan fingerprint density at radius 2 is 2.14 bits per heavy atom. The van der Waals surface area contributed by atoms with E-state index in [1.54, 1.807) is 0 Å². The minimum Gasteiger partial charge on any atom is -0.285 e. The van der Waals surface area contributed by atoms with E-state index in [0.29, 0.717) is 16.6 Å². The van der Waals surface area contributed by atoms with Gasteiger partial charge in [0.2, 0.25) is 0 Å². The molecule has 0 radical (unpaired) electrons. The molecule has 0 bridgehead atoms. The first-order valence-corrected chi connectivity index (χ1v) is 7.30. The van der Waals surface area contributed by atoms with Gasteiger partial charge in [-0.3, -0.25) is 4.98 Å². The minimum atomic E-state index is -0.315. The van der Waals surface area contributed by atoms with Gasteiger partial charge in [-0.15, -0.1) is 6.42 Å². The van der Waals surface area contributed by atoms with Gasteiger partial charge in [-0.05, 0) is 12.5 Å². The summed E-state index contributed by atoms with van der Waals surface area (Å²) < 4.78 is 1.29. The van der Waals surface area contributed by atoms with Gasteiger partial charge in [0.05, 0.1) is 11.4 Å². The second kappa shape index (κ2) is 5.46. The van der Waals surface area contributed by atoms with Gasteiger partial charge >= 0.3 is 5.69 Å². The Hall–Kier alpha value is -2.52. The number of fused-ring (bicyclic) bond motifs is 1. The maximum Gasteiger partial charge on any atom is 0.350 e. The monoisotopic (exact) mass is 296 g/mol. The van der Waals surface area contributed by atoms with Gasteiger partial charge < -0.3 is 0 Å². The third kappa shape index (κ3) is 2.43. The van der Waals surface area contributed by atoms with Gasteiger partial charge in [0.25, 0.3) is 0 Å². The van der Waals surface area contributed by atoms with Crippen LogP contribution in [0.25, 0.3) is 16.8 Å². The fraction of sp³-hybridized carbons (Fsp3) is 0.133. The number of rotatable bonds is 3. The second-order valence-corrected chi connectivity index (χ2v) is 5.37. The van der Waals surface area contributed by atoms with Crippen molar-refractivity contribution in [3.05, 3.63) is 46.5 Å². The Bertz CT molecular complexity index is 890. The molecule has 2 heterocycles. The first kappa shape index (κ1) is 13.5. The first-order chi connectivity index (χ1) is 10.2. The molecule has 0 aliphatic carbocycles. The summed E-state index contributed by atoms with van der Waals surface area (Å²) in [6.45, 7) is 1.87. The van der Waals surface area contributed by atoms with E-state index in [9.17, 15) is 4.79 Å². The number of terminal acetylenes is 1. The number of H-pyrrole nitrogens is 1. The largest absolute Gasteiger partial charge is 0.350 e. The lowest BCUT2D eigenvalue weighted by atomic mass is 10.1. The maximum absolute atomic E-state index is 12.1. The summed E-state index contributed by atoms with van der Waals surface area (Å²) >= 11 is 1.32. The minimum absolute atomic E-state index is 0.315. The van der Waals surface area contributed by atoms with Gasteiger partial charge in [-0.25, -0.2) is 9.78 Å². The lowest BCUT2D eigenvalue weighted by molar-refractivity contribution is 0.780. The zero-order chi connectivity index (χ0) is 14.8. The highest BCUT2D eigenvalue weighted by Crippen LogP contribution is 2.26. The van der Waals surface area contributed by atoms with E-state index in [-0.39, 0.29) is 5.69 Å². The average molecular weight is 296 g/mol. The summed E-state index contributed by atoms with van der Waals surface area (Å²) in [5.74, 6) is 2.97. The summed E-state index contributed by atoms with van der Waals surface area (Å²) in [6, 6.07) is 9.78. The van der Waals surface area contributed by atoms with E-state index >= 15 is 0 Å². The van der Waals surface area contributed by atoms with Crippen LogP contribution in [0.4, 0.5) is 0 Å². The van der Waals surface area contributed by atoms with E-state index in [2.05, 4.69) is 21.0 Å². The third-order valence-corrected chi connectivity index (χ3v) is 3.78. The van der Waals surface area contributed by atoms with Gasteiger partial charge in [-0.1, -0.05) is 48.0 Å². The van der Waals surface area contributed by atoms with Crippen molar-refractivity contribution in [2.45, 2.75) is 12.1 Å². The van der Waals surface area contributed by atoms with Crippen LogP contribution in [0.2, 0.25) is 0 Å². The van der Waals surface area contributed by atoms with E-state index in [1.807, 2.05) is 37.3 Å². The van der Waals surface area contributed by atoms with Crippen LogP contribution in [0.3, 0.4) is 0 Å². The van der Waals surface area contributed by atoms with Crippen LogP contribution in [0.15, 0.2) is 40.3 Å². The normalized spacial score (nSPS) is 10.7. The number of nitrogens with zero attached hydrogens (tertiary/aromatic N) is 3. The van der Waals surface area contributed by atoms with Crippen LogP contribution in [-0.2, 0) is 0 Å². The zero-order valence-electron chi connectivity index (χ0n) is 11.3. The van der Waals surface area contributed by atoms with E-state index in [0.717, 1.165) is 16.8 Å².